The van der Waals surface area contributed by atoms with E-state index in [9.17, 15) is 9.18 Å². The van der Waals surface area contributed by atoms with Crippen molar-refractivity contribution < 1.29 is 9.18 Å². The van der Waals surface area contributed by atoms with E-state index < -0.39 is 5.82 Å². The van der Waals surface area contributed by atoms with Gasteiger partial charge in [-0.25, -0.2) is 4.39 Å². The summed E-state index contributed by atoms with van der Waals surface area (Å²) in [5, 5.41) is 0.0983. The van der Waals surface area contributed by atoms with Gasteiger partial charge in [0.25, 0.3) is 0 Å². The second kappa shape index (κ2) is 6.23. The van der Waals surface area contributed by atoms with E-state index in [1.165, 1.54) is 18.6 Å². The molecular formula is C16H21ClFNO. The van der Waals surface area contributed by atoms with Gasteiger partial charge in [0.2, 0.25) is 0 Å². The van der Waals surface area contributed by atoms with E-state index in [4.69, 9.17) is 11.6 Å². The van der Waals surface area contributed by atoms with Crippen LogP contribution in [0.1, 0.15) is 37.7 Å². The first-order valence-electron chi connectivity index (χ1n) is 7.10. The molecule has 0 aromatic heterocycles. The lowest BCUT2D eigenvalue weighted by Gasteiger charge is -2.41. The SMILES string of the molecule is CN(C)C1(C(=O)Cc2ccc(Cl)c(F)c2)CCCCC1. The Bertz CT molecular complexity index is 495. The predicted molar refractivity (Wildman–Crippen MR) is 79.6 cm³/mol. The average molecular weight is 298 g/mol. The van der Waals surface area contributed by atoms with Crippen LogP contribution < -0.4 is 0 Å². The lowest BCUT2D eigenvalue weighted by molar-refractivity contribution is -0.131. The minimum Gasteiger partial charge on any atom is -0.297 e. The van der Waals surface area contributed by atoms with Crippen LogP contribution in [0.5, 0.6) is 0 Å². The van der Waals surface area contributed by atoms with Gasteiger partial charge < -0.3 is 0 Å². The highest BCUT2D eigenvalue weighted by Crippen LogP contribution is 2.34. The number of nitrogens with zero attached hydrogens (tertiary/aromatic N) is 1. The fourth-order valence-corrected chi connectivity index (χ4v) is 3.23. The van der Waals surface area contributed by atoms with Crippen molar-refractivity contribution in [2.45, 2.75) is 44.1 Å². The molecule has 0 unspecified atom stereocenters. The van der Waals surface area contributed by atoms with Crippen LogP contribution in [0, 0.1) is 5.82 Å². The number of benzene rings is 1. The lowest BCUT2D eigenvalue weighted by atomic mass is 9.76. The third-order valence-electron chi connectivity index (χ3n) is 4.40. The summed E-state index contributed by atoms with van der Waals surface area (Å²) in [7, 11) is 3.93. The van der Waals surface area contributed by atoms with Crippen molar-refractivity contribution in [3.8, 4) is 0 Å². The molecule has 2 nitrogen and oxygen atoms in total. The smallest absolute Gasteiger partial charge is 0.157 e. The summed E-state index contributed by atoms with van der Waals surface area (Å²) in [5.41, 5.74) is 0.317. The molecule has 1 aromatic rings. The second-order valence-corrected chi connectivity index (χ2v) is 6.24. The second-order valence-electron chi connectivity index (χ2n) is 5.84. The molecule has 1 saturated carbocycles. The summed E-state index contributed by atoms with van der Waals surface area (Å²) in [6.45, 7) is 0. The van der Waals surface area contributed by atoms with E-state index >= 15 is 0 Å². The van der Waals surface area contributed by atoms with Gasteiger partial charge in [-0.2, -0.15) is 0 Å². The first kappa shape index (κ1) is 15.5. The van der Waals surface area contributed by atoms with Crippen molar-refractivity contribution >= 4 is 17.4 Å². The van der Waals surface area contributed by atoms with Crippen LogP contribution >= 0.6 is 11.6 Å². The van der Waals surface area contributed by atoms with Gasteiger partial charge in [-0.15, -0.1) is 0 Å². The Morgan fingerprint density at radius 3 is 2.50 bits per heavy atom. The number of hydrogen-bond donors (Lipinski definition) is 0. The van der Waals surface area contributed by atoms with Gasteiger partial charge in [0, 0.05) is 6.42 Å². The minimum absolute atomic E-state index is 0.0983. The molecule has 0 aliphatic heterocycles. The average Bonchev–Trinajstić information content (AvgIpc) is 2.43. The predicted octanol–water partition coefficient (Wildman–Crippen LogP) is 3.86. The maximum absolute atomic E-state index is 13.5. The monoisotopic (exact) mass is 297 g/mol. The van der Waals surface area contributed by atoms with Crippen molar-refractivity contribution in [2.75, 3.05) is 14.1 Å². The van der Waals surface area contributed by atoms with Crippen molar-refractivity contribution in [2.24, 2.45) is 0 Å². The van der Waals surface area contributed by atoms with E-state index in [0.717, 1.165) is 25.7 Å². The van der Waals surface area contributed by atoms with Gasteiger partial charge in [0.1, 0.15) is 5.82 Å². The molecule has 0 saturated heterocycles. The van der Waals surface area contributed by atoms with E-state index in [1.807, 2.05) is 19.0 Å². The molecule has 1 aliphatic rings. The van der Waals surface area contributed by atoms with Crippen molar-refractivity contribution in [3.63, 3.8) is 0 Å². The van der Waals surface area contributed by atoms with Crippen LogP contribution in [0.2, 0.25) is 5.02 Å². The molecule has 1 aliphatic carbocycles. The fraction of sp³-hybridized carbons (Fsp3) is 0.562. The molecule has 2 rings (SSSR count). The molecule has 0 spiro atoms. The number of ketones is 1. The van der Waals surface area contributed by atoms with Gasteiger partial charge >= 0.3 is 0 Å². The molecule has 0 heterocycles. The van der Waals surface area contributed by atoms with Gasteiger partial charge in [0.05, 0.1) is 10.6 Å². The molecule has 20 heavy (non-hydrogen) atoms. The number of rotatable bonds is 4. The molecule has 0 N–H and O–H groups in total. The summed E-state index contributed by atoms with van der Waals surface area (Å²) in [4.78, 5) is 14.8. The Hall–Kier alpha value is -0.930. The lowest BCUT2D eigenvalue weighted by Crippen LogP contribution is -2.53. The highest BCUT2D eigenvalue weighted by atomic mass is 35.5. The standard InChI is InChI=1S/C16H21ClFNO/c1-19(2)16(8-4-3-5-9-16)15(20)11-12-6-7-13(17)14(18)10-12/h6-7,10H,3-5,8-9,11H2,1-2H3. The Labute approximate surface area is 124 Å². The minimum atomic E-state index is -0.459. The zero-order chi connectivity index (χ0) is 14.8. The van der Waals surface area contributed by atoms with Crippen LogP contribution in [-0.2, 0) is 11.2 Å². The molecule has 0 amide bonds. The van der Waals surface area contributed by atoms with E-state index in [-0.39, 0.29) is 22.8 Å². The molecule has 0 atom stereocenters. The molecule has 0 radical (unpaired) electrons. The number of halogens is 2. The Kier molecular flexibility index (Phi) is 4.82. The Morgan fingerprint density at radius 1 is 1.30 bits per heavy atom. The number of carbonyl (C=O) groups excluding carboxylic acids is 1. The van der Waals surface area contributed by atoms with Crippen molar-refractivity contribution in [1.29, 1.82) is 0 Å². The van der Waals surface area contributed by atoms with Crippen LogP contribution in [0.4, 0.5) is 4.39 Å². The molecular weight excluding hydrogens is 277 g/mol. The normalized spacial score (nSPS) is 18.2. The largest absolute Gasteiger partial charge is 0.297 e. The van der Waals surface area contributed by atoms with Crippen molar-refractivity contribution in [1.82, 2.24) is 4.90 Å². The summed E-state index contributed by atoms with van der Waals surface area (Å²) in [5.74, 6) is -0.275. The first-order valence-corrected chi connectivity index (χ1v) is 7.48. The maximum Gasteiger partial charge on any atom is 0.157 e. The molecule has 0 bridgehead atoms. The van der Waals surface area contributed by atoms with E-state index in [0.29, 0.717) is 5.56 Å². The topological polar surface area (TPSA) is 20.3 Å². The highest BCUT2D eigenvalue weighted by molar-refractivity contribution is 6.30. The number of carbonyl (C=O) groups is 1. The third kappa shape index (κ3) is 3.04. The number of hydrogen-bond acceptors (Lipinski definition) is 2. The summed E-state index contributed by atoms with van der Waals surface area (Å²) < 4.78 is 13.5. The van der Waals surface area contributed by atoms with Gasteiger partial charge in [-0.1, -0.05) is 36.9 Å². The zero-order valence-electron chi connectivity index (χ0n) is 12.1. The van der Waals surface area contributed by atoms with E-state index in [1.54, 1.807) is 6.07 Å². The van der Waals surface area contributed by atoms with Crippen molar-refractivity contribution in [3.05, 3.63) is 34.6 Å². The van der Waals surface area contributed by atoms with Gasteiger partial charge in [-0.3, -0.25) is 9.69 Å². The third-order valence-corrected chi connectivity index (χ3v) is 4.71. The number of likely N-dealkylation sites (N-methyl/N-ethyl adjacent to an activating group) is 1. The van der Waals surface area contributed by atoms with Gasteiger partial charge in [-0.05, 0) is 44.6 Å². The highest BCUT2D eigenvalue weighted by Gasteiger charge is 2.40. The van der Waals surface area contributed by atoms with Crippen LogP contribution in [0.25, 0.3) is 0 Å². The van der Waals surface area contributed by atoms with Gasteiger partial charge in [0.15, 0.2) is 5.78 Å². The number of Topliss-reactive ketones (excluding diaryl/α,β-unsaturated/α-hetero) is 1. The Balaban J connectivity index is 2.18. The Morgan fingerprint density at radius 2 is 1.95 bits per heavy atom. The maximum atomic E-state index is 13.5. The van der Waals surface area contributed by atoms with Crippen LogP contribution in [0.3, 0.4) is 0 Å². The fourth-order valence-electron chi connectivity index (χ4n) is 3.11. The summed E-state index contributed by atoms with van der Waals surface area (Å²) in [6.07, 6.45) is 5.42. The van der Waals surface area contributed by atoms with Crippen LogP contribution in [0.15, 0.2) is 18.2 Å². The zero-order valence-corrected chi connectivity index (χ0v) is 12.8. The molecule has 110 valence electrons. The first-order chi connectivity index (χ1) is 9.45. The molecule has 1 fully saturated rings. The van der Waals surface area contributed by atoms with E-state index in [2.05, 4.69) is 0 Å². The molecule has 1 aromatic carbocycles. The van der Waals surface area contributed by atoms with Crippen LogP contribution in [-0.4, -0.2) is 30.3 Å². The quantitative estimate of drug-likeness (QED) is 0.841. The molecule has 4 heteroatoms. The summed E-state index contributed by atoms with van der Waals surface area (Å²) >= 11 is 5.68. The summed E-state index contributed by atoms with van der Waals surface area (Å²) in [6, 6.07) is 4.62.